The molecule has 0 aliphatic carbocycles. The Morgan fingerprint density at radius 1 is 1.41 bits per heavy atom. The van der Waals surface area contributed by atoms with Crippen LogP contribution in [0.15, 0.2) is 23.3 Å². The summed E-state index contributed by atoms with van der Waals surface area (Å²) in [6.45, 7) is 8.80. The average molecular weight is 316 g/mol. The van der Waals surface area contributed by atoms with Crippen molar-refractivity contribution in [2.75, 3.05) is 23.4 Å². The van der Waals surface area contributed by atoms with Gasteiger partial charge in [0, 0.05) is 24.5 Å². The van der Waals surface area contributed by atoms with Gasteiger partial charge in [0.1, 0.15) is 0 Å². The highest BCUT2D eigenvalue weighted by molar-refractivity contribution is 7.22. The molecule has 5 heteroatoms. The Labute approximate surface area is 136 Å². The Hall–Kier alpha value is -1.62. The highest BCUT2D eigenvalue weighted by atomic mass is 32.1. The predicted molar refractivity (Wildman–Crippen MR) is 97.3 cm³/mol. The molecule has 0 atom stereocenters. The summed E-state index contributed by atoms with van der Waals surface area (Å²) in [5, 5.41) is 5.20. The van der Waals surface area contributed by atoms with Crippen molar-refractivity contribution < 1.29 is 0 Å². The molecule has 0 spiro atoms. The number of benzene rings is 1. The summed E-state index contributed by atoms with van der Waals surface area (Å²) in [7, 11) is 0. The van der Waals surface area contributed by atoms with Crippen LogP contribution in [0.1, 0.15) is 40.0 Å². The van der Waals surface area contributed by atoms with Crippen molar-refractivity contribution in [3.63, 3.8) is 0 Å². The third-order valence-electron chi connectivity index (χ3n) is 4.37. The Morgan fingerprint density at radius 3 is 2.91 bits per heavy atom. The number of anilines is 2. The smallest absolute Gasteiger partial charge is 0.204 e. The van der Waals surface area contributed by atoms with Crippen LogP contribution in [0.4, 0.5) is 10.8 Å². The zero-order valence-corrected chi connectivity index (χ0v) is 14.4. The van der Waals surface area contributed by atoms with E-state index in [1.807, 2.05) is 6.92 Å². The quantitative estimate of drug-likeness (QED) is 0.655. The first-order valence-electron chi connectivity index (χ1n) is 8.10. The van der Waals surface area contributed by atoms with Crippen molar-refractivity contribution >= 4 is 38.1 Å². The molecule has 2 aromatic rings. The number of nitrogens with zero attached hydrogens (tertiary/aromatic N) is 3. The molecule has 2 heterocycles. The number of aromatic nitrogens is 1. The van der Waals surface area contributed by atoms with E-state index in [2.05, 4.69) is 52.5 Å². The summed E-state index contributed by atoms with van der Waals surface area (Å²) in [6.07, 6.45) is 3.53. The van der Waals surface area contributed by atoms with E-state index in [4.69, 9.17) is 0 Å². The third kappa shape index (κ3) is 3.40. The van der Waals surface area contributed by atoms with E-state index in [0.29, 0.717) is 0 Å². The molecule has 1 aliphatic heterocycles. The van der Waals surface area contributed by atoms with Crippen molar-refractivity contribution in [3.8, 4) is 0 Å². The average Bonchev–Trinajstić information content (AvgIpc) is 2.95. The standard InChI is InChI=1S/C17H24N4S/c1-4-13(3)19-20-17-18-15-6-5-14(11-16(15)22-17)21-9-7-12(2)8-10-21/h5-6,11-12H,4,7-10H2,1-3H3,(H,18,20)/b19-13-. The van der Waals surface area contributed by atoms with Crippen LogP contribution in [0.25, 0.3) is 10.2 Å². The topological polar surface area (TPSA) is 40.5 Å². The van der Waals surface area contributed by atoms with Crippen LogP contribution >= 0.6 is 11.3 Å². The first kappa shape index (κ1) is 15.3. The second-order valence-electron chi connectivity index (χ2n) is 6.15. The largest absolute Gasteiger partial charge is 0.371 e. The number of hydrazone groups is 1. The van der Waals surface area contributed by atoms with Crippen LogP contribution < -0.4 is 10.3 Å². The molecule has 1 saturated heterocycles. The first-order valence-corrected chi connectivity index (χ1v) is 8.92. The minimum atomic E-state index is 0.860. The van der Waals surface area contributed by atoms with Gasteiger partial charge in [0.15, 0.2) is 0 Å². The maximum atomic E-state index is 4.60. The van der Waals surface area contributed by atoms with Gasteiger partial charge in [-0.2, -0.15) is 5.10 Å². The van der Waals surface area contributed by atoms with Crippen molar-refractivity contribution in [3.05, 3.63) is 18.2 Å². The van der Waals surface area contributed by atoms with Crippen LogP contribution in [0, 0.1) is 5.92 Å². The second-order valence-corrected chi connectivity index (χ2v) is 7.18. The molecule has 4 nitrogen and oxygen atoms in total. The van der Waals surface area contributed by atoms with E-state index >= 15 is 0 Å². The van der Waals surface area contributed by atoms with E-state index in [1.54, 1.807) is 11.3 Å². The Morgan fingerprint density at radius 2 is 2.18 bits per heavy atom. The van der Waals surface area contributed by atoms with E-state index in [-0.39, 0.29) is 0 Å². The van der Waals surface area contributed by atoms with Crippen molar-refractivity contribution in [2.45, 2.75) is 40.0 Å². The molecule has 1 N–H and O–H groups in total. The SMILES string of the molecule is CC/C(C)=N\Nc1nc2ccc(N3CCC(C)CC3)cc2s1. The van der Waals surface area contributed by atoms with Crippen LogP contribution in [0.5, 0.6) is 0 Å². The Balaban J connectivity index is 1.78. The first-order chi connectivity index (χ1) is 10.7. The van der Waals surface area contributed by atoms with Crippen molar-refractivity contribution in [1.82, 2.24) is 4.98 Å². The molecule has 1 aromatic carbocycles. The summed E-state index contributed by atoms with van der Waals surface area (Å²) in [6, 6.07) is 6.59. The van der Waals surface area contributed by atoms with Gasteiger partial charge in [0.05, 0.1) is 10.2 Å². The lowest BCUT2D eigenvalue weighted by Crippen LogP contribution is -2.32. The zero-order valence-electron chi connectivity index (χ0n) is 13.6. The third-order valence-corrected chi connectivity index (χ3v) is 5.30. The van der Waals surface area contributed by atoms with Crippen LogP contribution in [-0.2, 0) is 0 Å². The normalized spacial score (nSPS) is 17.2. The molecule has 3 rings (SSSR count). The van der Waals surface area contributed by atoms with E-state index in [0.717, 1.165) is 41.8 Å². The lowest BCUT2D eigenvalue weighted by molar-refractivity contribution is 0.438. The van der Waals surface area contributed by atoms with E-state index < -0.39 is 0 Å². The minimum Gasteiger partial charge on any atom is -0.371 e. The summed E-state index contributed by atoms with van der Waals surface area (Å²) in [4.78, 5) is 7.09. The predicted octanol–water partition coefficient (Wildman–Crippen LogP) is 4.73. The Kier molecular flexibility index (Phi) is 4.62. The van der Waals surface area contributed by atoms with Crippen LogP contribution in [0.3, 0.4) is 0 Å². The highest BCUT2D eigenvalue weighted by Crippen LogP contribution is 2.31. The van der Waals surface area contributed by atoms with Gasteiger partial charge >= 0.3 is 0 Å². The van der Waals surface area contributed by atoms with Gasteiger partial charge in [0.2, 0.25) is 5.13 Å². The molecule has 0 amide bonds. The summed E-state index contributed by atoms with van der Waals surface area (Å²) in [5.41, 5.74) is 6.53. The maximum absolute atomic E-state index is 4.60. The van der Waals surface area contributed by atoms with E-state index in [1.165, 1.54) is 23.2 Å². The maximum Gasteiger partial charge on any atom is 0.204 e. The fourth-order valence-corrected chi connectivity index (χ4v) is 3.49. The summed E-state index contributed by atoms with van der Waals surface area (Å²) in [5.74, 6) is 0.860. The lowest BCUT2D eigenvalue weighted by atomic mass is 9.99. The summed E-state index contributed by atoms with van der Waals surface area (Å²) >= 11 is 1.67. The number of hydrogen-bond donors (Lipinski definition) is 1. The fraction of sp³-hybridized carbons (Fsp3) is 0.529. The van der Waals surface area contributed by atoms with Crippen LogP contribution in [-0.4, -0.2) is 23.8 Å². The molecular weight excluding hydrogens is 292 g/mol. The van der Waals surface area contributed by atoms with Gasteiger partial charge in [0.25, 0.3) is 0 Å². The van der Waals surface area contributed by atoms with Crippen molar-refractivity contribution in [1.29, 1.82) is 0 Å². The van der Waals surface area contributed by atoms with Gasteiger partial charge in [-0.1, -0.05) is 25.2 Å². The zero-order chi connectivity index (χ0) is 15.5. The Bertz CT molecular complexity index is 668. The second kappa shape index (κ2) is 6.65. The fourth-order valence-electron chi connectivity index (χ4n) is 2.65. The number of piperidine rings is 1. The number of nitrogens with one attached hydrogen (secondary N) is 1. The number of rotatable bonds is 4. The summed E-state index contributed by atoms with van der Waals surface area (Å²) < 4.78 is 1.22. The van der Waals surface area contributed by atoms with Gasteiger partial charge in [-0.15, -0.1) is 0 Å². The molecular formula is C17H24N4S. The molecule has 1 aliphatic rings. The molecule has 0 bridgehead atoms. The molecule has 1 fully saturated rings. The molecule has 1 aromatic heterocycles. The van der Waals surface area contributed by atoms with Gasteiger partial charge in [-0.05, 0) is 50.3 Å². The highest BCUT2D eigenvalue weighted by Gasteiger charge is 2.16. The molecule has 118 valence electrons. The number of thiazole rings is 1. The van der Waals surface area contributed by atoms with Crippen molar-refractivity contribution in [2.24, 2.45) is 11.0 Å². The van der Waals surface area contributed by atoms with Gasteiger partial charge in [-0.25, -0.2) is 4.98 Å². The molecule has 0 radical (unpaired) electrons. The van der Waals surface area contributed by atoms with E-state index in [9.17, 15) is 0 Å². The lowest BCUT2D eigenvalue weighted by Gasteiger charge is -2.32. The number of fused-ring (bicyclic) bond motifs is 1. The molecule has 0 saturated carbocycles. The van der Waals surface area contributed by atoms with Gasteiger partial charge in [-0.3, -0.25) is 5.43 Å². The molecule has 0 unspecified atom stereocenters. The van der Waals surface area contributed by atoms with Crippen LogP contribution in [0.2, 0.25) is 0 Å². The molecule has 22 heavy (non-hydrogen) atoms. The number of hydrogen-bond acceptors (Lipinski definition) is 5. The van der Waals surface area contributed by atoms with Gasteiger partial charge < -0.3 is 4.90 Å². The minimum absolute atomic E-state index is 0.860. The monoisotopic (exact) mass is 316 g/mol.